The van der Waals surface area contributed by atoms with Gasteiger partial charge in [0.15, 0.2) is 0 Å². The van der Waals surface area contributed by atoms with Gasteiger partial charge in [-0.25, -0.2) is 4.39 Å². The Morgan fingerprint density at radius 1 is 1.63 bits per heavy atom. The van der Waals surface area contributed by atoms with Crippen LogP contribution in [0.3, 0.4) is 0 Å². The maximum atomic E-state index is 13.2. The third-order valence-corrected chi connectivity index (χ3v) is 2.93. The number of rotatable bonds is 4. The molecule has 1 atom stereocenters. The Kier molecular flexibility index (Phi) is 5.13. The first-order chi connectivity index (χ1) is 8.90. The van der Waals surface area contributed by atoms with Crippen molar-refractivity contribution in [3.05, 3.63) is 28.5 Å². The third-order valence-electron chi connectivity index (χ3n) is 2.64. The Balaban J connectivity index is 3.08. The summed E-state index contributed by atoms with van der Waals surface area (Å²) in [4.78, 5) is 13.5. The number of amides is 1. The van der Waals surface area contributed by atoms with Crippen molar-refractivity contribution in [2.45, 2.75) is 13.8 Å². The van der Waals surface area contributed by atoms with Crippen molar-refractivity contribution in [2.75, 3.05) is 13.1 Å². The lowest BCUT2D eigenvalue weighted by atomic mass is 10.1. The number of nitrogens with zero attached hydrogens (tertiary/aromatic N) is 2. The second kappa shape index (κ2) is 6.39. The monoisotopic (exact) mass is 284 g/mol. The zero-order chi connectivity index (χ0) is 14.6. The molecule has 6 heteroatoms. The Morgan fingerprint density at radius 2 is 2.26 bits per heavy atom. The van der Waals surface area contributed by atoms with E-state index in [1.165, 1.54) is 4.90 Å². The molecule has 0 saturated heterocycles. The first kappa shape index (κ1) is 15.3. The van der Waals surface area contributed by atoms with E-state index in [2.05, 4.69) is 0 Å². The fourth-order valence-corrected chi connectivity index (χ4v) is 1.83. The minimum absolute atomic E-state index is 0.197. The van der Waals surface area contributed by atoms with Crippen LogP contribution < -0.4 is 0 Å². The highest BCUT2D eigenvalue weighted by Gasteiger charge is 2.22. The summed E-state index contributed by atoms with van der Waals surface area (Å²) < 4.78 is 13.2. The molecule has 19 heavy (non-hydrogen) atoms. The van der Waals surface area contributed by atoms with Crippen LogP contribution in [-0.4, -0.2) is 29.0 Å². The van der Waals surface area contributed by atoms with Crippen molar-refractivity contribution in [3.8, 4) is 11.8 Å². The van der Waals surface area contributed by atoms with Gasteiger partial charge in [0.05, 0.1) is 22.6 Å². The van der Waals surface area contributed by atoms with Crippen LogP contribution in [-0.2, 0) is 0 Å². The number of aromatic hydroxyl groups is 1. The van der Waals surface area contributed by atoms with Gasteiger partial charge in [0.2, 0.25) is 0 Å². The second-order valence-electron chi connectivity index (χ2n) is 4.16. The molecule has 0 aliphatic rings. The molecule has 0 fully saturated rings. The van der Waals surface area contributed by atoms with Gasteiger partial charge in [0, 0.05) is 13.1 Å². The Hall–Kier alpha value is -1.80. The van der Waals surface area contributed by atoms with Gasteiger partial charge in [0.1, 0.15) is 11.6 Å². The summed E-state index contributed by atoms with van der Waals surface area (Å²) in [5.41, 5.74) is -0.197. The molecule has 0 radical (unpaired) electrons. The number of carbonyl (C=O) groups is 1. The minimum Gasteiger partial charge on any atom is -0.506 e. The summed E-state index contributed by atoms with van der Waals surface area (Å²) in [6, 6.07) is 3.88. The molecule has 1 amide bonds. The van der Waals surface area contributed by atoms with Crippen molar-refractivity contribution < 1.29 is 14.3 Å². The van der Waals surface area contributed by atoms with E-state index in [4.69, 9.17) is 16.9 Å². The van der Waals surface area contributed by atoms with Crippen LogP contribution in [0.15, 0.2) is 12.1 Å². The van der Waals surface area contributed by atoms with Crippen LogP contribution in [0.25, 0.3) is 0 Å². The zero-order valence-corrected chi connectivity index (χ0v) is 11.4. The lowest BCUT2D eigenvalue weighted by molar-refractivity contribution is 0.0749. The first-order valence-corrected chi connectivity index (χ1v) is 6.15. The normalized spacial score (nSPS) is 11.7. The molecule has 0 saturated carbocycles. The lowest BCUT2D eigenvalue weighted by Gasteiger charge is -2.22. The molecule has 1 aromatic rings. The largest absolute Gasteiger partial charge is 0.506 e. The molecule has 0 spiro atoms. The van der Waals surface area contributed by atoms with Gasteiger partial charge in [-0.2, -0.15) is 5.26 Å². The Labute approximate surface area is 116 Å². The molecule has 0 aliphatic heterocycles. The van der Waals surface area contributed by atoms with Crippen molar-refractivity contribution >= 4 is 17.5 Å². The topological polar surface area (TPSA) is 64.3 Å². The van der Waals surface area contributed by atoms with Crippen LogP contribution in [0.4, 0.5) is 4.39 Å². The van der Waals surface area contributed by atoms with Gasteiger partial charge in [-0.3, -0.25) is 4.79 Å². The molecule has 0 unspecified atom stereocenters. The maximum Gasteiger partial charge on any atom is 0.257 e. The van der Waals surface area contributed by atoms with Gasteiger partial charge < -0.3 is 10.0 Å². The van der Waals surface area contributed by atoms with Crippen LogP contribution >= 0.6 is 11.6 Å². The van der Waals surface area contributed by atoms with E-state index >= 15 is 0 Å². The average molecular weight is 285 g/mol. The van der Waals surface area contributed by atoms with E-state index in [9.17, 15) is 14.3 Å². The second-order valence-corrected chi connectivity index (χ2v) is 4.56. The van der Waals surface area contributed by atoms with Crippen LogP contribution in [0.5, 0.6) is 5.75 Å². The lowest BCUT2D eigenvalue weighted by Crippen LogP contribution is -2.34. The van der Waals surface area contributed by atoms with Crippen molar-refractivity contribution in [1.29, 1.82) is 5.26 Å². The van der Waals surface area contributed by atoms with E-state index in [1.807, 2.05) is 6.07 Å². The number of halogens is 2. The highest BCUT2D eigenvalue weighted by molar-refractivity contribution is 6.32. The SMILES string of the molecule is CCN(C[C@H](C)C#N)C(=O)c1cc(F)cc(Cl)c1O. The smallest absolute Gasteiger partial charge is 0.257 e. The van der Waals surface area contributed by atoms with Gasteiger partial charge in [-0.15, -0.1) is 0 Å². The average Bonchev–Trinajstić information content (AvgIpc) is 2.38. The summed E-state index contributed by atoms with van der Waals surface area (Å²) in [6.45, 7) is 3.96. The van der Waals surface area contributed by atoms with Gasteiger partial charge >= 0.3 is 0 Å². The summed E-state index contributed by atoms with van der Waals surface area (Å²) in [7, 11) is 0. The molecule has 1 N–H and O–H groups in total. The number of nitriles is 1. The number of benzene rings is 1. The fourth-order valence-electron chi connectivity index (χ4n) is 1.63. The summed E-state index contributed by atoms with van der Waals surface area (Å²) in [5, 5.41) is 18.3. The standard InChI is InChI=1S/C13H14ClFN2O2/c1-3-17(7-8(2)6-16)13(19)10-4-9(15)5-11(14)12(10)18/h4-5,8,18H,3,7H2,1-2H3/t8-/m1/s1. The van der Waals surface area contributed by atoms with E-state index in [0.717, 1.165) is 12.1 Å². The molecule has 102 valence electrons. The number of hydrogen-bond donors (Lipinski definition) is 1. The predicted octanol–water partition coefficient (Wildman–Crippen LogP) is 2.81. The van der Waals surface area contributed by atoms with E-state index in [1.54, 1.807) is 13.8 Å². The molecule has 0 aliphatic carbocycles. The minimum atomic E-state index is -0.699. The van der Waals surface area contributed by atoms with E-state index in [-0.39, 0.29) is 23.0 Å². The molecule has 1 aromatic carbocycles. The number of phenols is 1. The summed E-state index contributed by atoms with van der Waals surface area (Å²) >= 11 is 5.63. The number of phenolic OH excluding ortho intramolecular Hbond substituents is 1. The third kappa shape index (κ3) is 3.58. The van der Waals surface area contributed by atoms with Crippen molar-refractivity contribution in [1.82, 2.24) is 4.90 Å². The molecule has 0 heterocycles. The summed E-state index contributed by atoms with van der Waals surface area (Å²) in [5.74, 6) is -2.05. The van der Waals surface area contributed by atoms with E-state index in [0.29, 0.717) is 6.54 Å². The van der Waals surface area contributed by atoms with Crippen LogP contribution in [0, 0.1) is 23.1 Å². The number of carbonyl (C=O) groups excluding carboxylic acids is 1. The van der Waals surface area contributed by atoms with Crippen LogP contribution in [0.2, 0.25) is 5.02 Å². The van der Waals surface area contributed by atoms with Gasteiger partial charge in [-0.05, 0) is 26.0 Å². The predicted molar refractivity (Wildman–Crippen MR) is 69.4 cm³/mol. The molecule has 0 bridgehead atoms. The highest BCUT2D eigenvalue weighted by atomic mass is 35.5. The number of hydrogen-bond acceptors (Lipinski definition) is 3. The van der Waals surface area contributed by atoms with Crippen molar-refractivity contribution in [2.24, 2.45) is 5.92 Å². The summed E-state index contributed by atoms with van der Waals surface area (Å²) in [6.07, 6.45) is 0. The quantitative estimate of drug-likeness (QED) is 0.924. The molecule has 0 aromatic heterocycles. The molecule has 1 rings (SSSR count). The highest BCUT2D eigenvalue weighted by Crippen LogP contribution is 2.29. The maximum absolute atomic E-state index is 13.2. The van der Waals surface area contributed by atoms with E-state index < -0.39 is 17.5 Å². The fraction of sp³-hybridized carbons (Fsp3) is 0.385. The molecule has 4 nitrogen and oxygen atoms in total. The van der Waals surface area contributed by atoms with Crippen LogP contribution in [0.1, 0.15) is 24.2 Å². The zero-order valence-electron chi connectivity index (χ0n) is 10.7. The Morgan fingerprint density at radius 3 is 2.79 bits per heavy atom. The van der Waals surface area contributed by atoms with Gasteiger partial charge in [-0.1, -0.05) is 11.6 Å². The molecular weight excluding hydrogens is 271 g/mol. The Bertz CT molecular complexity index is 528. The first-order valence-electron chi connectivity index (χ1n) is 5.77. The van der Waals surface area contributed by atoms with Crippen molar-refractivity contribution in [3.63, 3.8) is 0 Å². The molecular formula is C13H14ClFN2O2. The van der Waals surface area contributed by atoms with Gasteiger partial charge in [0.25, 0.3) is 5.91 Å².